The van der Waals surface area contributed by atoms with Gasteiger partial charge in [0.1, 0.15) is 6.26 Å². The van der Waals surface area contributed by atoms with Crippen LogP contribution in [-0.2, 0) is 9.78 Å². The Morgan fingerprint density at radius 2 is 2.00 bits per heavy atom. The van der Waals surface area contributed by atoms with E-state index in [1.54, 1.807) is 6.26 Å². The second-order valence-corrected chi connectivity index (χ2v) is 1.46. The van der Waals surface area contributed by atoms with E-state index >= 15 is 0 Å². The zero-order chi connectivity index (χ0) is 5.70. The van der Waals surface area contributed by atoms with Crippen LogP contribution in [0.4, 0.5) is 0 Å². The van der Waals surface area contributed by atoms with Gasteiger partial charge in [0.15, 0.2) is 0 Å². The van der Waals surface area contributed by atoms with E-state index < -0.39 is 0 Å². The van der Waals surface area contributed by atoms with Crippen molar-refractivity contribution >= 4 is 0 Å². The van der Waals surface area contributed by atoms with E-state index in [4.69, 9.17) is 0 Å². The van der Waals surface area contributed by atoms with Crippen molar-refractivity contribution in [1.29, 1.82) is 0 Å². The molecule has 0 aromatic carbocycles. The Bertz CT molecular complexity index is 62.5. The highest BCUT2D eigenvalue weighted by Crippen LogP contribution is 1.87. The van der Waals surface area contributed by atoms with Gasteiger partial charge in [0, 0.05) is 0 Å². The molecule has 0 aliphatic carbocycles. The first kappa shape index (κ1) is 6.50. The van der Waals surface area contributed by atoms with Crippen LogP contribution in [0.1, 0.15) is 13.8 Å². The summed E-state index contributed by atoms with van der Waals surface area (Å²) < 4.78 is 0. The summed E-state index contributed by atoms with van der Waals surface area (Å²) in [5.74, 6) is 0. The molecule has 0 heterocycles. The third-order valence-electron chi connectivity index (χ3n) is 0.380. The maximum atomic E-state index is 4.43. The second kappa shape index (κ2) is 3.68. The minimum absolute atomic E-state index is 1.09. The summed E-state index contributed by atoms with van der Waals surface area (Å²) in [4.78, 5) is 8.71. The molecule has 0 saturated heterocycles. The predicted octanol–water partition coefficient (Wildman–Crippen LogP) is 1.49. The van der Waals surface area contributed by atoms with E-state index in [9.17, 15) is 0 Å². The average Bonchev–Trinajstić information content (AvgIpc) is 1.61. The molecule has 0 spiro atoms. The molecule has 0 aliphatic rings. The molecule has 0 bridgehead atoms. The van der Waals surface area contributed by atoms with Gasteiger partial charge in [-0.15, -0.1) is 0 Å². The van der Waals surface area contributed by atoms with Gasteiger partial charge < -0.3 is 4.89 Å². The maximum absolute atomic E-state index is 4.43. The monoisotopic (exact) mass is 102 g/mol. The average molecular weight is 102 g/mol. The highest BCUT2D eigenvalue weighted by atomic mass is 17.2. The summed E-state index contributed by atoms with van der Waals surface area (Å²) in [6.45, 7) is 3.86. The standard InChI is InChI=1S/C5H10O2/c1-5(2)4-7-6-3/h4H,1-3H3. The molecule has 2 heteroatoms. The van der Waals surface area contributed by atoms with Gasteiger partial charge in [0.25, 0.3) is 0 Å². The molecule has 0 unspecified atom stereocenters. The molecule has 42 valence electrons. The fourth-order valence-electron chi connectivity index (χ4n) is 0.144. The van der Waals surface area contributed by atoms with E-state index in [0.717, 1.165) is 5.57 Å². The normalized spacial score (nSPS) is 7.86. The molecule has 0 N–H and O–H groups in total. The van der Waals surface area contributed by atoms with E-state index in [2.05, 4.69) is 9.78 Å². The van der Waals surface area contributed by atoms with Gasteiger partial charge in [0.05, 0.1) is 7.11 Å². The number of hydrogen-bond acceptors (Lipinski definition) is 2. The maximum Gasteiger partial charge on any atom is 0.128 e. The zero-order valence-corrected chi connectivity index (χ0v) is 4.89. The molecule has 0 fully saturated rings. The van der Waals surface area contributed by atoms with E-state index in [1.165, 1.54) is 7.11 Å². The van der Waals surface area contributed by atoms with Crippen LogP contribution in [0, 0.1) is 0 Å². The Morgan fingerprint density at radius 3 is 2.14 bits per heavy atom. The predicted molar refractivity (Wildman–Crippen MR) is 27.5 cm³/mol. The Hall–Kier alpha value is -0.500. The highest BCUT2D eigenvalue weighted by Gasteiger charge is 1.72. The molecule has 0 aliphatic heterocycles. The molecular weight excluding hydrogens is 92.1 g/mol. The lowest BCUT2D eigenvalue weighted by Crippen LogP contribution is -1.76. The smallest absolute Gasteiger partial charge is 0.128 e. The fourth-order valence-corrected chi connectivity index (χ4v) is 0.144. The summed E-state index contributed by atoms with van der Waals surface area (Å²) in [5, 5.41) is 0. The third kappa shape index (κ3) is 5.50. The van der Waals surface area contributed by atoms with Gasteiger partial charge in [-0.1, -0.05) is 0 Å². The van der Waals surface area contributed by atoms with Gasteiger partial charge in [-0.3, -0.25) is 0 Å². The topological polar surface area (TPSA) is 18.5 Å². The molecule has 0 aromatic heterocycles. The van der Waals surface area contributed by atoms with Crippen LogP contribution in [0.5, 0.6) is 0 Å². The van der Waals surface area contributed by atoms with Crippen LogP contribution in [-0.4, -0.2) is 7.11 Å². The SMILES string of the molecule is COOC=C(C)C. The number of allylic oxidation sites excluding steroid dienone is 1. The first-order valence-corrected chi connectivity index (χ1v) is 2.10. The lowest BCUT2D eigenvalue weighted by Gasteiger charge is -1.90. The minimum atomic E-state index is 1.09. The first-order chi connectivity index (χ1) is 3.27. The zero-order valence-electron chi connectivity index (χ0n) is 4.89. The third-order valence-corrected chi connectivity index (χ3v) is 0.380. The Balaban J connectivity index is 3.08. The number of hydrogen-bond donors (Lipinski definition) is 0. The Kier molecular flexibility index (Phi) is 3.42. The van der Waals surface area contributed by atoms with Crippen molar-refractivity contribution in [3.63, 3.8) is 0 Å². The first-order valence-electron chi connectivity index (χ1n) is 2.10. The molecule has 0 aromatic rings. The second-order valence-electron chi connectivity index (χ2n) is 1.46. The molecule has 7 heavy (non-hydrogen) atoms. The largest absolute Gasteiger partial charge is 0.346 e. The molecule has 0 rings (SSSR count). The minimum Gasteiger partial charge on any atom is -0.346 e. The van der Waals surface area contributed by atoms with E-state index in [-0.39, 0.29) is 0 Å². The summed E-state index contributed by atoms with van der Waals surface area (Å²) in [6.07, 6.45) is 1.54. The van der Waals surface area contributed by atoms with Crippen molar-refractivity contribution in [2.75, 3.05) is 7.11 Å². The summed E-state index contributed by atoms with van der Waals surface area (Å²) in [7, 11) is 1.47. The van der Waals surface area contributed by atoms with Crippen LogP contribution < -0.4 is 0 Å². The summed E-state index contributed by atoms with van der Waals surface area (Å²) >= 11 is 0. The molecule has 2 nitrogen and oxygen atoms in total. The molecule has 0 radical (unpaired) electrons. The highest BCUT2D eigenvalue weighted by molar-refractivity contribution is 4.85. The van der Waals surface area contributed by atoms with Crippen molar-refractivity contribution in [2.45, 2.75) is 13.8 Å². The van der Waals surface area contributed by atoms with Crippen LogP contribution in [0.2, 0.25) is 0 Å². The molecule has 0 atom stereocenters. The van der Waals surface area contributed by atoms with E-state index in [1.807, 2.05) is 13.8 Å². The van der Waals surface area contributed by atoms with Crippen molar-refractivity contribution < 1.29 is 9.78 Å². The van der Waals surface area contributed by atoms with Crippen LogP contribution >= 0.6 is 0 Å². The van der Waals surface area contributed by atoms with Crippen LogP contribution in [0.3, 0.4) is 0 Å². The quantitative estimate of drug-likeness (QED) is 0.299. The van der Waals surface area contributed by atoms with E-state index in [0.29, 0.717) is 0 Å². The van der Waals surface area contributed by atoms with Gasteiger partial charge >= 0.3 is 0 Å². The van der Waals surface area contributed by atoms with Crippen LogP contribution in [0.25, 0.3) is 0 Å². The lowest BCUT2D eigenvalue weighted by atomic mass is 10.4. The molecule has 0 amide bonds. The Morgan fingerprint density at radius 1 is 1.43 bits per heavy atom. The van der Waals surface area contributed by atoms with Gasteiger partial charge in [-0.2, -0.15) is 4.89 Å². The van der Waals surface area contributed by atoms with Gasteiger partial charge in [-0.25, -0.2) is 0 Å². The van der Waals surface area contributed by atoms with Crippen molar-refractivity contribution in [3.05, 3.63) is 11.8 Å². The summed E-state index contributed by atoms with van der Waals surface area (Å²) in [6, 6.07) is 0. The van der Waals surface area contributed by atoms with Gasteiger partial charge in [0.2, 0.25) is 0 Å². The van der Waals surface area contributed by atoms with Crippen molar-refractivity contribution in [3.8, 4) is 0 Å². The van der Waals surface area contributed by atoms with Crippen LogP contribution in [0.15, 0.2) is 11.8 Å². The van der Waals surface area contributed by atoms with Crippen molar-refractivity contribution in [2.24, 2.45) is 0 Å². The van der Waals surface area contributed by atoms with Crippen molar-refractivity contribution in [1.82, 2.24) is 0 Å². The number of rotatable bonds is 2. The Labute approximate surface area is 43.7 Å². The van der Waals surface area contributed by atoms with Gasteiger partial charge in [-0.05, 0) is 19.4 Å². The molecule has 0 saturated carbocycles. The molecular formula is C5H10O2. The lowest BCUT2D eigenvalue weighted by molar-refractivity contribution is -0.223. The fraction of sp³-hybridized carbons (Fsp3) is 0.600. The summed E-state index contributed by atoms with van der Waals surface area (Å²) in [5.41, 5.74) is 1.09.